The Morgan fingerprint density at radius 3 is 2.62 bits per heavy atom. The van der Waals surface area contributed by atoms with Crippen LogP contribution in [0.25, 0.3) is 0 Å². The standard InChI is InChI=1S/C9H17NO5S/c1-2-3-4-16(14,15)10-6-7(11)5-8(10)9(12)13/h7-8,11H,2-6H2,1H3,(H,12,13). The molecule has 2 unspecified atom stereocenters. The van der Waals surface area contributed by atoms with Crippen molar-refractivity contribution in [1.82, 2.24) is 4.31 Å². The summed E-state index contributed by atoms with van der Waals surface area (Å²) < 4.78 is 24.5. The molecule has 16 heavy (non-hydrogen) atoms. The normalized spacial score (nSPS) is 27.1. The summed E-state index contributed by atoms with van der Waals surface area (Å²) in [5.41, 5.74) is 0. The minimum absolute atomic E-state index is 0.0271. The lowest BCUT2D eigenvalue weighted by atomic mass is 10.2. The van der Waals surface area contributed by atoms with Crippen molar-refractivity contribution in [2.45, 2.75) is 38.3 Å². The highest BCUT2D eigenvalue weighted by Crippen LogP contribution is 2.22. The van der Waals surface area contributed by atoms with E-state index in [-0.39, 0.29) is 18.7 Å². The molecule has 2 N–H and O–H groups in total. The topological polar surface area (TPSA) is 94.9 Å². The third-order valence-electron chi connectivity index (χ3n) is 2.63. The first kappa shape index (κ1) is 13.4. The molecule has 0 aliphatic carbocycles. The molecule has 6 nitrogen and oxygen atoms in total. The second-order valence-corrected chi connectivity index (χ2v) is 6.02. The number of unbranched alkanes of at least 4 members (excludes halogenated alkanes) is 1. The minimum Gasteiger partial charge on any atom is -0.480 e. The monoisotopic (exact) mass is 251 g/mol. The van der Waals surface area contributed by atoms with Gasteiger partial charge in [0.05, 0.1) is 11.9 Å². The molecule has 0 spiro atoms. The van der Waals surface area contributed by atoms with E-state index in [9.17, 15) is 18.3 Å². The number of sulfonamides is 1. The number of aliphatic hydroxyl groups excluding tert-OH is 1. The van der Waals surface area contributed by atoms with Gasteiger partial charge in [-0.1, -0.05) is 13.3 Å². The molecule has 1 aliphatic heterocycles. The Kier molecular flexibility index (Phi) is 4.28. The third-order valence-corrected chi connectivity index (χ3v) is 4.55. The van der Waals surface area contributed by atoms with Crippen molar-refractivity contribution in [3.05, 3.63) is 0 Å². The van der Waals surface area contributed by atoms with Gasteiger partial charge in [0.25, 0.3) is 0 Å². The van der Waals surface area contributed by atoms with Crippen LogP contribution in [0, 0.1) is 0 Å². The van der Waals surface area contributed by atoms with Crippen LogP contribution in [-0.2, 0) is 14.8 Å². The van der Waals surface area contributed by atoms with Crippen molar-refractivity contribution in [3.8, 4) is 0 Å². The average molecular weight is 251 g/mol. The number of nitrogens with zero attached hydrogens (tertiary/aromatic N) is 1. The van der Waals surface area contributed by atoms with Gasteiger partial charge >= 0.3 is 5.97 Å². The van der Waals surface area contributed by atoms with Crippen LogP contribution in [0.5, 0.6) is 0 Å². The zero-order chi connectivity index (χ0) is 12.3. The Bertz CT molecular complexity index is 353. The van der Waals surface area contributed by atoms with Crippen LogP contribution >= 0.6 is 0 Å². The average Bonchev–Trinajstić information content (AvgIpc) is 2.58. The van der Waals surface area contributed by atoms with E-state index in [0.717, 1.165) is 10.7 Å². The number of rotatable bonds is 5. The van der Waals surface area contributed by atoms with E-state index in [1.165, 1.54) is 0 Å². The zero-order valence-corrected chi connectivity index (χ0v) is 9.98. The van der Waals surface area contributed by atoms with Crippen LogP contribution < -0.4 is 0 Å². The van der Waals surface area contributed by atoms with Crippen LogP contribution in [-0.4, -0.2) is 53.3 Å². The first-order valence-electron chi connectivity index (χ1n) is 5.29. The molecule has 2 atom stereocenters. The largest absolute Gasteiger partial charge is 0.480 e. The predicted molar refractivity (Wildman–Crippen MR) is 57.4 cm³/mol. The molecule has 0 saturated carbocycles. The molecular weight excluding hydrogens is 234 g/mol. The predicted octanol–water partition coefficient (Wildman–Crippen LogP) is -0.364. The van der Waals surface area contributed by atoms with E-state index in [1.54, 1.807) is 0 Å². The van der Waals surface area contributed by atoms with Gasteiger partial charge < -0.3 is 10.2 Å². The molecule has 94 valence electrons. The summed E-state index contributed by atoms with van der Waals surface area (Å²) in [5, 5.41) is 18.2. The maximum Gasteiger partial charge on any atom is 0.322 e. The van der Waals surface area contributed by atoms with Crippen LogP contribution in [0.1, 0.15) is 26.2 Å². The summed E-state index contributed by atoms with van der Waals surface area (Å²) in [6.07, 6.45) is 0.326. The molecule has 0 radical (unpaired) electrons. The van der Waals surface area contributed by atoms with E-state index in [1.807, 2.05) is 6.92 Å². The van der Waals surface area contributed by atoms with Gasteiger partial charge in [-0.25, -0.2) is 8.42 Å². The molecule has 0 bridgehead atoms. The van der Waals surface area contributed by atoms with E-state index in [0.29, 0.717) is 6.42 Å². The fraction of sp³-hybridized carbons (Fsp3) is 0.889. The third kappa shape index (κ3) is 2.93. The van der Waals surface area contributed by atoms with Crippen LogP contribution in [0.3, 0.4) is 0 Å². The number of β-amino-alcohol motifs (C(OH)–C–C–N with tert-alkyl or cyclic N) is 1. The summed E-state index contributed by atoms with van der Waals surface area (Å²) in [5.74, 6) is -1.25. The van der Waals surface area contributed by atoms with E-state index in [4.69, 9.17) is 5.11 Å². The van der Waals surface area contributed by atoms with Crippen molar-refractivity contribution >= 4 is 16.0 Å². The van der Waals surface area contributed by atoms with Crippen molar-refractivity contribution in [1.29, 1.82) is 0 Å². The fourth-order valence-electron chi connectivity index (χ4n) is 1.76. The lowest BCUT2D eigenvalue weighted by Crippen LogP contribution is -2.41. The molecule has 0 amide bonds. The van der Waals surface area contributed by atoms with Gasteiger partial charge in [0.2, 0.25) is 10.0 Å². The molecular formula is C9H17NO5S. The number of carboxylic acids is 1. The van der Waals surface area contributed by atoms with Gasteiger partial charge in [-0.15, -0.1) is 0 Å². The second-order valence-electron chi connectivity index (χ2n) is 3.98. The molecule has 1 heterocycles. The van der Waals surface area contributed by atoms with E-state index < -0.39 is 28.1 Å². The van der Waals surface area contributed by atoms with Crippen molar-refractivity contribution in [2.75, 3.05) is 12.3 Å². The Hall–Kier alpha value is -0.660. The summed E-state index contributed by atoms with van der Waals surface area (Å²) in [6, 6.07) is -1.11. The van der Waals surface area contributed by atoms with Gasteiger partial charge in [0, 0.05) is 13.0 Å². The maximum atomic E-state index is 11.8. The molecule has 0 aromatic heterocycles. The molecule has 1 saturated heterocycles. The minimum atomic E-state index is -3.56. The summed E-state index contributed by atoms with van der Waals surface area (Å²) >= 11 is 0. The Morgan fingerprint density at radius 2 is 2.12 bits per heavy atom. The summed E-state index contributed by atoms with van der Waals surface area (Å²) in [7, 11) is -3.56. The number of aliphatic hydroxyl groups is 1. The van der Waals surface area contributed by atoms with Crippen molar-refractivity contribution in [3.63, 3.8) is 0 Å². The lowest BCUT2D eigenvalue weighted by Gasteiger charge is -2.20. The van der Waals surface area contributed by atoms with E-state index >= 15 is 0 Å². The summed E-state index contributed by atoms with van der Waals surface area (Å²) in [6.45, 7) is 1.76. The molecule has 0 aromatic carbocycles. The highest BCUT2D eigenvalue weighted by molar-refractivity contribution is 7.89. The Balaban J connectivity index is 2.81. The lowest BCUT2D eigenvalue weighted by molar-refractivity contribution is -0.140. The molecule has 1 rings (SSSR count). The first-order chi connectivity index (χ1) is 7.38. The van der Waals surface area contributed by atoms with Gasteiger partial charge in [0.15, 0.2) is 0 Å². The van der Waals surface area contributed by atoms with Crippen LogP contribution in [0.2, 0.25) is 0 Å². The molecule has 1 aliphatic rings. The highest BCUT2D eigenvalue weighted by Gasteiger charge is 2.42. The second kappa shape index (κ2) is 5.11. The number of aliphatic carboxylic acids is 1. The van der Waals surface area contributed by atoms with Gasteiger partial charge in [-0.2, -0.15) is 4.31 Å². The smallest absolute Gasteiger partial charge is 0.322 e. The maximum absolute atomic E-state index is 11.8. The SMILES string of the molecule is CCCCS(=O)(=O)N1CC(O)CC1C(=O)O. The van der Waals surface area contributed by atoms with Gasteiger partial charge in [-0.05, 0) is 6.42 Å². The number of hydrogen-bond acceptors (Lipinski definition) is 4. The van der Waals surface area contributed by atoms with Crippen molar-refractivity contribution < 1.29 is 23.4 Å². The highest BCUT2D eigenvalue weighted by atomic mass is 32.2. The number of hydrogen-bond donors (Lipinski definition) is 2. The van der Waals surface area contributed by atoms with Crippen LogP contribution in [0.4, 0.5) is 0 Å². The molecule has 1 fully saturated rings. The molecule has 0 aromatic rings. The Morgan fingerprint density at radius 1 is 1.50 bits per heavy atom. The van der Waals surface area contributed by atoms with Gasteiger partial charge in [0.1, 0.15) is 6.04 Å². The van der Waals surface area contributed by atoms with Gasteiger partial charge in [-0.3, -0.25) is 4.79 Å². The zero-order valence-electron chi connectivity index (χ0n) is 9.16. The quantitative estimate of drug-likeness (QED) is 0.695. The van der Waals surface area contributed by atoms with Crippen LogP contribution in [0.15, 0.2) is 0 Å². The first-order valence-corrected chi connectivity index (χ1v) is 6.89. The van der Waals surface area contributed by atoms with Crippen molar-refractivity contribution in [2.24, 2.45) is 0 Å². The van der Waals surface area contributed by atoms with E-state index in [2.05, 4.69) is 0 Å². The number of carboxylic acid groups (broad SMARTS) is 1. The Labute approximate surface area is 94.9 Å². The fourth-order valence-corrected chi connectivity index (χ4v) is 3.61. The molecule has 7 heteroatoms. The number of carbonyl (C=O) groups is 1. The summed E-state index contributed by atoms with van der Waals surface area (Å²) in [4.78, 5) is 10.9.